The summed E-state index contributed by atoms with van der Waals surface area (Å²) < 4.78 is 9.91. The normalized spacial score (nSPS) is 10.7. The van der Waals surface area contributed by atoms with E-state index in [-0.39, 0.29) is 17.9 Å². The molecule has 4 N–H and O–H groups in total. The molecule has 31 heavy (non-hydrogen) atoms. The zero-order chi connectivity index (χ0) is 21.8. The van der Waals surface area contributed by atoms with Crippen LogP contribution >= 0.6 is 0 Å². The van der Waals surface area contributed by atoms with E-state index in [1.807, 2.05) is 18.2 Å². The van der Waals surface area contributed by atoms with Crippen LogP contribution in [0, 0.1) is 0 Å². The van der Waals surface area contributed by atoms with Gasteiger partial charge in [-0.3, -0.25) is 4.79 Å². The lowest BCUT2D eigenvalue weighted by Crippen LogP contribution is -2.32. The van der Waals surface area contributed by atoms with Gasteiger partial charge < -0.3 is 25.4 Å². The molecular weight excluding hydrogens is 399 g/mol. The minimum Gasteiger partial charge on any atom is -0.497 e. The van der Waals surface area contributed by atoms with Gasteiger partial charge in [-0.2, -0.15) is 0 Å². The molecule has 0 aliphatic heterocycles. The fourth-order valence-corrected chi connectivity index (χ4v) is 3.22. The van der Waals surface area contributed by atoms with Gasteiger partial charge in [0.1, 0.15) is 11.3 Å². The third-order valence-corrected chi connectivity index (χ3v) is 4.75. The Hall–Kier alpha value is -3.89. The van der Waals surface area contributed by atoms with Gasteiger partial charge in [0.25, 0.3) is 5.91 Å². The van der Waals surface area contributed by atoms with Gasteiger partial charge in [-0.15, -0.1) is 0 Å². The summed E-state index contributed by atoms with van der Waals surface area (Å²) in [5.74, 6) is 0.0617. The zero-order valence-electron chi connectivity index (χ0n) is 16.6. The number of ether oxygens (including phenoxy) is 1. The number of hydrogen-bond donors (Lipinski definition) is 4. The number of anilines is 2. The van der Waals surface area contributed by atoms with Crippen LogP contribution in [-0.2, 0) is 6.54 Å². The van der Waals surface area contributed by atoms with E-state index in [1.165, 1.54) is 7.11 Å². The van der Waals surface area contributed by atoms with Crippen molar-refractivity contribution in [2.75, 3.05) is 12.4 Å². The van der Waals surface area contributed by atoms with Gasteiger partial charge in [-0.1, -0.05) is 30.3 Å². The summed E-state index contributed by atoms with van der Waals surface area (Å²) >= 11 is 0. The molecule has 0 atom stereocenters. The number of carbonyl (C=O) groups is 1. The summed E-state index contributed by atoms with van der Waals surface area (Å²) in [6.45, 7) is 0.194. The van der Waals surface area contributed by atoms with Crippen molar-refractivity contribution in [3.63, 3.8) is 0 Å². The number of nitrogens with one attached hydrogen (secondary N) is 2. The maximum absolute atomic E-state index is 12.9. The van der Waals surface area contributed by atoms with Crippen molar-refractivity contribution in [3.05, 3.63) is 71.8 Å². The number of benzene rings is 3. The molecule has 4 rings (SSSR count). The van der Waals surface area contributed by atoms with Crippen LogP contribution in [0.3, 0.4) is 0 Å². The van der Waals surface area contributed by atoms with E-state index in [2.05, 4.69) is 20.9 Å². The van der Waals surface area contributed by atoms with E-state index >= 15 is 0 Å². The van der Waals surface area contributed by atoms with Gasteiger partial charge in [0.05, 0.1) is 24.0 Å². The Morgan fingerprint density at radius 2 is 1.87 bits per heavy atom. The first-order valence-electron chi connectivity index (χ1n) is 9.45. The van der Waals surface area contributed by atoms with Crippen molar-refractivity contribution >= 4 is 40.9 Å². The molecule has 9 nitrogen and oxygen atoms in total. The first-order valence-corrected chi connectivity index (χ1v) is 9.45. The highest BCUT2D eigenvalue weighted by atomic mass is 16.6. The molecule has 1 aromatic heterocycles. The molecular formula is C21H19BN4O5. The van der Waals surface area contributed by atoms with Crippen molar-refractivity contribution in [3.8, 4) is 5.75 Å². The third kappa shape index (κ3) is 4.35. The van der Waals surface area contributed by atoms with E-state index in [4.69, 9.17) is 9.37 Å². The van der Waals surface area contributed by atoms with Crippen LogP contribution in [0.15, 0.2) is 65.3 Å². The van der Waals surface area contributed by atoms with E-state index in [0.29, 0.717) is 39.3 Å². The SMILES string of the molecule is COc1ccc(CNC(=O)c2ccccc2Nc2cccc3nonc23)cc1B(O)O. The minimum atomic E-state index is -1.68. The summed E-state index contributed by atoms with van der Waals surface area (Å²) in [6.07, 6.45) is 0. The standard InChI is InChI=1S/C21H19BN4O5/c1-30-19-10-9-13(11-15(19)22(28)29)12-23-21(27)14-5-2-3-6-16(14)24-17-7-4-8-18-20(17)26-31-25-18/h2-11,24,28-29H,12H2,1H3,(H,23,27). The number of para-hydroxylation sites is 1. The summed E-state index contributed by atoms with van der Waals surface area (Å²) in [4.78, 5) is 12.9. The Morgan fingerprint density at radius 1 is 1.06 bits per heavy atom. The quantitative estimate of drug-likeness (QED) is 0.333. The molecule has 0 bridgehead atoms. The first kappa shape index (κ1) is 20.4. The van der Waals surface area contributed by atoms with Gasteiger partial charge in [0.2, 0.25) is 0 Å². The summed E-state index contributed by atoms with van der Waals surface area (Å²) in [5.41, 5.74) is 3.78. The van der Waals surface area contributed by atoms with Gasteiger partial charge in [-0.05, 0) is 46.2 Å². The second-order valence-corrected chi connectivity index (χ2v) is 6.74. The number of nitrogens with zero attached hydrogens (tertiary/aromatic N) is 2. The number of amides is 1. The van der Waals surface area contributed by atoms with Crippen LogP contribution in [-0.4, -0.2) is 40.5 Å². The van der Waals surface area contributed by atoms with Crippen LogP contribution in [0.1, 0.15) is 15.9 Å². The zero-order valence-corrected chi connectivity index (χ0v) is 16.6. The lowest BCUT2D eigenvalue weighted by molar-refractivity contribution is 0.0951. The van der Waals surface area contributed by atoms with Gasteiger partial charge in [0, 0.05) is 12.0 Å². The third-order valence-electron chi connectivity index (χ3n) is 4.75. The lowest BCUT2D eigenvalue weighted by Gasteiger charge is -2.13. The first-order chi connectivity index (χ1) is 15.1. The highest BCUT2D eigenvalue weighted by Gasteiger charge is 2.18. The number of carbonyl (C=O) groups excluding carboxylic acids is 1. The fourth-order valence-electron chi connectivity index (χ4n) is 3.22. The molecule has 156 valence electrons. The van der Waals surface area contributed by atoms with Crippen molar-refractivity contribution in [2.24, 2.45) is 0 Å². The maximum Gasteiger partial charge on any atom is 0.492 e. The van der Waals surface area contributed by atoms with Crippen LogP contribution in [0.25, 0.3) is 11.0 Å². The molecule has 0 saturated heterocycles. The van der Waals surface area contributed by atoms with Crippen molar-refractivity contribution in [1.82, 2.24) is 15.6 Å². The Balaban J connectivity index is 1.52. The average molecular weight is 418 g/mol. The average Bonchev–Trinajstić information content (AvgIpc) is 3.27. The van der Waals surface area contributed by atoms with Crippen molar-refractivity contribution in [2.45, 2.75) is 6.54 Å². The monoisotopic (exact) mass is 418 g/mol. The number of rotatable bonds is 7. The summed E-state index contributed by atoms with van der Waals surface area (Å²) in [7, 11) is -0.230. The molecule has 0 unspecified atom stereocenters. The molecule has 0 aliphatic rings. The predicted octanol–water partition coefficient (Wildman–Crippen LogP) is 1.58. The highest BCUT2D eigenvalue weighted by Crippen LogP contribution is 2.26. The molecule has 0 aliphatic carbocycles. The predicted molar refractivity (Wildman–Crippen MR) is 116 cm³/mol. The Morgan fingerprint density at radius 3 is 2.68 bits per heavy atom. The Kier molecular flexibility index (Phi) is 5.83. The molecule has 1 amide bonds. The van der Waals surface area contributed by atoms with E-state index in [0.717, 1.165) is 0 Å². The fraction of sp³-hybridized carbons (Fsp3) is 0.0952. The van der Waals surface area contributed by atoms with Crippen LogP contribution in [0.5, 0.6) is 5.75 Å². The molecule has 1 heterocycles. The van der Waals surface area contributed by atoms with Crippen LogP contribution in [0.2, 0.25) is 0 Å². The van der Waals surface area contributed by atoms with Gasteiger partial charge in [-0.25, -0.2) is 4.63 Å². The van der Waals surface area contributed by atoms with E-state index in [9.17, 15) is 14.8 Å². The summed E-state index contributed by atoms with van der Waals surface area (Å²) in [5, 5.41) is 32.8. The number of aromatic nitrogens is 2. The van der Waals surface area contributed by atoms with Crippen molar-refractivity contribution < 1.29 is 24.2 Å². The van der Waals surface area contributed by atoms with E-state index in [1.54, 1.807) is 42.5 Å². The second-order valence-electron chi connectivity index (χ2n) is 6.74. The Bertz CT molecular complexity index is 1230. The van der Waals surface area contributed by atoms with Gasteiger partial charge >= 0.3 is 7.12 Å². The highest BCUT2D eigenvalue weighted by molar-refractivity contribution is 6.59. The lowest BCUT2D eigenvalue weighted by atomic mass is 9.78. The van der Waals surface area contributed by atoms with E-state index < -0.39 is 7.12 Å². The molecule has 0 radical (unpaired) electrons. The molecule has 10 heteroatoms. The molecule has 0 fully saturated rings. The molecule has 3 aromatic carbocycles. The number of fused-ring (bicyclic) bond motifs is 1. The van der Waals surface area contributed by atoms with Crippen molar-refractivity contribution in [1.29, 1.82) is 0 Å². The number of methoxy groups -OCH3 is 1. The smallest absolute Gasteiger partial charge is 0.492 e. The second kappa shape index (κ2) is 8.86. The van der Waals surface area contributed by atoms with Crippen LogP contribution in [0.4, 0.5) is 11.4 Å². The topological polar surface area (TPSA) is 130 Å². The largest absolute Gasteiger partial charge is 0.497 e. The number of hydrogen-bond acceptors (Lipinski definition) is 8. The molecule has 0 saturated carbocycles. The van der Waals surface area contributed by atoms with Gasteiger partial charge in [0.15, 0.2) is 5.52 Å². The maximum atomic E-state index is 12.9. The molecule has 4 aromatic rings. The summed E-state index contributed by atoms with van der Waals surface area (Å²) in [6, 6.07) is 17.4. The molecule has 0 spiro atoms. The van der Waals surface area contributed by atoms with Crippen LogP contribution < -0.4 is 20.8 Å². The minimum absolute atomic E-state index is 0.194. The Labute approximate surface area is 177 Å².